The lowest BCUT2D eigenvalue weighted by atomic mass is 10.1. The lowest BCUT2D eigenvalue weighted by molar-refractivity contribution is 0.0921. The first-order valence-electron chi connectivity index (χ1n) is 5.88. The van der Waals surface area contributed by atoms with Gasteiger partial charge >= 0.3 is 0 Å². The van der Waals surface area contributed by atoms with Crippen LogP contribution in [0, 0.1) is 6.92 Å². The first-order chi connectivity index (χ1) is 10.2. The van der Waals surface area contributed by atoms with Crippen molar-refractivity contribution < 1.29 is 9.59 Å². The zero-order valence-corrected chi connectivity index (χ0v) is 16.3. The number of carbonyl (C=O) groups is 2. The van der Waals surface area contributed by atoms with Crippen molar-refractivity contribution in [3.63, 3.8) is 0 Å². The molecule has 2 nitrogen and oxygen atoms in total. The molecule has 0 aromatic carbocycles. The Morgan fingerprint density at radius 1 is 0.773 bits per heavy atom. The molecule has 0 bridgehead atoms. The molecular weight excluding hydrogens is 430 g/mol. The number of carbonyl (C=O) groups excluding carboxylic acids is 2. The first kappa shape index (κ1) is 18.5. The molecule has 2 heterocycles. The van der Waals surface area contributed by atoms with Gasteiger partial charge in [-0.05, 0) is 12.5 Å². The average Bonchev–Trinajstić information content (AvgIpc) is 2.89. The summed E-state index contributed by atoms with van der Waals surface area (Å²) in [5, 5.41) is 0.671. The average molecular weight is 437 g/mol. The van der Waals surface area contributed by atoms with Gasteiger partial charge in [-0.1, -0.05) is 58.0 Å². The molecule has 0 aliphatic heterocycles. The molecule has 0 N–H and O–H groups in total. The van der Waals surface area contributed by atoms with E-state index < -0.39 is 0 Å². The van der Waals surface area contributed by atoms with Gasteiger partial charge < -0.3 is 0 Å². The van der Waals surface area contributed by atoms with Crippen molar-refractivity contribution in [2.75, 3.05) is 0 Å². The topological polar surface area (TPSA) is 34.1 Å². The van der Waals surface area contributed by atoms with E-state index in [9.17, 15) is 9.59 Å². The maximum atomic E-state index is 12.2. The molecule has 0 saturated heterocycles. The van der Waals surface area contributed by atoms with Crippen LogP contribution in [0.3, 0.4) is 0 Å². The summed E-state index contributed by atoms with van der Waals surface area (Å²) in [6.45, 7) is 1.72. The Morgan fingerprint density at radius 2 is 1.23 bits per heavy atom. The predicted molar refractivity (Wildman–Crippen MR) is 96.3 cm³/mol. The molecule has 0 spiro atoms. The second-order valence-electron chi connectivity index (χ2n) is 4.32. The number of thiophene rings is 2. The largest absolute Gasteiger partial charge is 0.293 e. The minimum Gasteiger partial charge on any atom is -0.293 e. The number of halogens is 5. The Balaban J connectivity index is 2.09. The van der Waals surface area contributed by atoms with Crippen LogP contribution in [0.15, 0.2) is 0 Å². The summed E-state index contributed by atoms with van der Waals surface area (Å²) in [5.74, 6) is -0.460. The van der Waals surface area contributed by atoms with Crippen LogP contribution in [0.1, 0.15) is 37.7 Å². The molecule has 2 aromatic rings. The molecule has 0 saturated carbocycles. The summed E-state index contributed by atoms with van der Waals surface area (Å²) in [5.41, 5.74) is 0.634. The van der Waals surface area contributed by atoms with Crippen LogP contribution < -0.4 is 0 Å². The van der Waals surface area contributed by atoms with Crippen molar-refractivity contribution in [3.05, 3.63) is 39.1 Å². The van der Waals surface area contributed by atoms with Gasteiger partial charge in [0.15, 0.2) is 11.6 Å². The molecule has 118 valence electrons. The van der Waals surface area contributed by atoms with Crippen molar-refractivity contribution in [2.45, 2.75) is 19.8 Å². The third-order valence-electron chi connectivity index (χ3n) is 2.88. The van der Waals surface area contributed by atoms with Crippen LogP contribution in [0.4, 0.5) is 0 Å². The van der Waals surface area contributed by atoms with Crippen molar-refractivity contribution in [3.8, 4) is 0 Å². The van der Waals surface area contributed by atoms with E-state index in [1.807, 2.05) is 0 Å². The number of hydrogen-bond acceptors (Lipinski definition) is 4. The SMILES string of the molecule is Cc1c(C(=O)CCC(=O)c2sc(Cl)c(Cl)c2Cl)sc(Cl)c1Cl. The Morgan fingerprint density at radius 3 is 1.64 bits per heavy atom. The summed E-state index contributed by atoms with van der Waals surface area (Å²) in [6.07, 6.45) is 0.0502. The van der Waals surface area contributed by atoms with Crippen molar-refractivity contribution in [1.29, 1.82) is 0 Å². The molecule has 9 heteroatoms. The third kappa shape index (κ3) is 3.64. The van der Waals surface area contributed by atoms with Gasteiger partial charge in [0.05, 0.1) is 24.8 Å². The van der Waals surface area contributed by atoms with Gasteiger partial charge in [0.2, 0.25) is 0 Å². The molecule has 0 aliphatic carbocycles. The standard InChI is InChI=1S/C13H7Cl5O2S2/c1-4-7(14)12(17)21-10(4)5(19)2-3-6(20)11-8(15)9(16)13(18)22-11/h2-3H2,1H3. The highest BCUT2D eigenvalue weighted by molar-refractivity contribution is 7.19. The lowest BCUT2D eigenvalue weighted by Crippen LogP contribution is -2.04. The van der Waals surface area contributed by atoms with E-state index in [0.717, 1.165) is 22.7 Å². The Hall–Kier alpha value is 0.190. The fourth-order valence-corrected chi connectivity index (χ4v) is 5.05. The van der Waals surface area contributed by atoms with E-state index in [2.05, 4.69) is 0 Å². The van der Waals surface area contributed by atoms with E-state index in [0.29, 0.717) is 19.8 Å². The van der Waals surface area contributed by atoms with Crippen LogP contribution >= 0.6 is 80.7 Å². The Labute approximate surface area is 159 Å². The maximum Gasteiger partial charge on any atom is 0.174 e. The smallest absolute Gasteiger partial charge is 0.174 e. The van der Waals surface area contributed by atoms with Crippen LogP contribution in [0.2, 0.25) is 23.7 Å². The molecule has 22 heavy (non-hydrogen) atoms. The predicted octanol–water partition coefficient (Wildman–Crippen LogP) is 7.23. The summed E-state index contributed by atoms with van der Waals surface area (Å²) < 4.78 is 0.628. The van der Waals surface area contributed by atoms with Crippen molar-refractivity contribution >= 4 is 92.2 Å². The zero-order chi connectivity index (χ0) is 16.6. The molecule has 0 amide bonds. The highest BCUT2D eigenvalue weighted by Gasteiger charge is 2.22. The minimum atomic E-state index is -0.274. The molecular formula is C13H7Cl5O2S2. The zero-order valence-electron chi connectivity index (χ0n) is 10.9. The van der Waals surface area contributed by atoms with E-state index in [1.165, 1.54) is 0 Å². The highest BCUT2D eigenvalue weighted by atomic mass is 35.5. The van der Waals surface area contributed by atoms with Crippen molar-refractivity contribution in [2.24, 2.45) is 0 Å². The van der Waals surface area contributed by atoms with Gasteiger partial charge in [-0.15, -0.1) is 22.7 Å². The van der Waals surface area contributed by atoms with Crippen LogP contribution in [0.5, 0.6) is 0 Å². The second-order valence-corrected chi connectivity index (χ2v) is 8.70. The molecule has 2 aromatic heterocycles. The number of hydrogen-bond donors (Lipinski definition) is 0. The van der Waals surface area contributed by atoms with Gasteiger partial charge in [-0.2, -0.15) is 0 Å². The first-order valence-corrected chi connectivity index (χ1v) is 9.40. The van der Waals surface area contributed by atoms with Crippen LogP contribution in [-0.4, -0.2) is 11.6 Å². The maximum absolute atomic E-state index is 12.2. The van der Waals surface area contributed by atoms with Gasteiger partial charge in [-0.25, -0.2) is 0 Å². The number of ketones is 2. The normalized spacial score (nSPS) is 11.0. The van der Waals surface area contributed by atoms with E-state index in [4.69, 9.17) is 58.0 Å². The molecule has 0 fully saturated rings. The summed E-state index contributed by atoms with van der Waals surface area (Å²) in [7, 11) is 0. The minimum absolute atomic E-state index is 0.0122. The summed E-state index contributed by atoms with van der Waals surface area (Å²) in [4.78, 5) is 25.1. The van der Waals surface area contributed by atoms with Crippen LogP contribution in [-0.2, 0) is 0 Å². The molecule has 0 unspecified atom stereocenters. The van der Waals surface area contributed by atoms with Crippen molar-refractivity contribution in [1.82, 2.24) is 0 Å². The van der Waals surface area contributed by atoms with E-state index in [-0.39, 0.29) is 43.7 Å². The highest BCUT2D eigenvalue weighted by Crippen LogP contribution is 2.41. The monoisotopic (exact) mass is 434 g/mol. The lowest BCUT2D eigenvalue weighted by Gasteiger charge is -2.00. The molecule has 0 atom stereocenters. The Kier molecular flexibility index (Phi) is 6.22. The summed E-state index contributed by atoms with van der Waals surface area (Å²) >= 11 is 31.6. The fraction of sp³-hybridized carbons (Fsp3) is 0.231. The second kappa shape index (κ2) is 7.39. The van der Waals surface area contributed by atoms with Gasteiger partial charge in [0.25, 0.3) is 0 Å². The van der Waals surface area contributed by atoms with Gasteiger partial charge in [0.1, 0.15) is 8.67 Å². The van der Waals surface area contributed by atoms with Crippen LogP contribution in [0.25, 0.3) is 0 Å². The molecule has 2 rings (SSSR count). The fourth-order valence-electron chi connectivity index (χ4n) is 1.72. The number of Topliss-reactive ketones (excluding diaryl/α,β-unsaturated/α-hetero) is 2. The van der Waals surface area contributed by atoms with E-state index >= 15 is 0 Å². The third-order valence-corrected chi connectivity index (χ3v) is 7.71. The Bertz CT molecular complexity index is 699. The molecule has 0 aliphatic rings. The van der Waals surface area contributed by atoms with Gasteiger partial charge in [-0.3, -0.25) is 9.59 Å². The van der Waals surface area contributed by atoms with Gasteiger partial charge in [0, 0.05) is 12.8 Å². The molecule has 0 radical (unpaired) electrons. The summed E-state index contributed by atoms with van der Waals surface area (Å²) in [6, 6.07) is 0. The number of rotatable bonds is 5. The quantitative estimate of drug-likeness (QED) is 0.463. The van der Waals surface area contributed by atoms with E-state index in [1.54, 1.807) is 6.92 Å².